The van der Waals surface area contributed by atoms with Crippen molar-refractivity contribution in [2.75, 3.05) is 18.2 Å². The number of nitrogens with two attached hydrogens (primary N) is 1. The lowest BCUT2D eigenvalue weighted by Crippen LogP contribution is -2.14. The van der Waals surface area contributed by atoms with E-state index >= 15 is 0 Å². The van der Waals surface area contributed by atoms with Gasteiger partial charge in [-0.25, -0.2) is 8.42 Å². The fraction of sp³-hybridized carbons (Fsp3) is 0.200. The summed E-state index contributed by atoms with van der Waals surface area (Å²) in [6.07, 6.45) is 1.22. The molecule has 2 N–H and O–H groups in total. The van der Waals surface area contributed by atoms with Gasteiger partial charge >= 0.3 is 0 Å². The smallest absolute Gasteiger partial charge is 0.177 e. The molecule has 0 heterocycles. The normalized spacial score (nSPS) is 11.3. The second-order valence-corrected chi connectivity index (χ2v) is 6.66. The molecule has 5 heteroatoms. The Balaban J connectivity index is 2.51. The first kappa shape index (κ1) is 14.6. The molecule has 0 saturated carbocycles. The van der Waals surface area contributed by atoms with Gasteiger partial charge in [0, 0.05) is 25.5 Å². The van der Waals surface area contributed by atoms with Gasteiger partial charge in [0.2, 0.25) is 0 Å². The average molecular weight is 290 g/mol. The van der Waals surface area contributed by atoms with E-state index in [1.165, 1.54) is 6.26 Å². The number of hydrogen-bond donors (Lipinski definition) is 1. The summed E-state index contributed by atoms with van der Waals surface area (Å²) in [7, 11) is -1.42. The maximum absolute atomic E-state index is 11.9. The van der Waals surface area contributed by atoms with Crippen LogP contribution in [-0.4, -0.2) is 21.7 Å². The Morgan fingerprint density at radius 2 is 1.80 bits per heavy atom. The fourth-order valence-corrected chi connectivity index (χ4v) is 2.99. The first-order valence-corrected chi connectivity index (χ1v) is 8.14. The van der Waals surface area contributed by atoms with Gasteiger partial charge in [-0.2, -0.15) is 0 Å². The van der Waals surface area contributed by atoms with Gasteiger partial charge < -0.3 is 10.6 Å². The van der Waals surface area contributed by atoms with Crippen molar-refractivity contribution in [3.05, 3.63) is 54.1 Å². The summed E-state index contributed by atoms with van der Waals surface area (Å²) in [6, 6.07) is 14.7. The largest absolute Gasteiger partial charge is 0.344 e. The summed E-state index contributed by atoms with van der Waals surface area (Å²) in [4.78, 5) is 2.18. The standard InChI is InChI=1S/C15H18N2O2S/c1-17(13-7-5-6-12(10-13)11-16)14-8-3-4-9-15(14)20(2,18)19/h3-10H,11,16H2,1-2H3. The molecule has 0 aromatic heterocycles. The van der Waals surface area contributed by atoms with Crippen LogP contribution in [0.25, 0.3) is 0 Å². The molecule has 0 saturated heterocycles. The van der Waals surface area contributed by atoms with Crippen LogP contribution < -0.4 is 10.6 Å². The third-order valence-corrected chi connectivity index (χ3v) is 4.30. The molecule has 0 atom stereocenters. The molecular weight excluding hydrogens is 272 g/mol. The van der Waals surface area contributed by atoms with E-state index in [2.05, 4.69) is 0 Å². The quantitative estimate of drug-likeness (QED) is 0.938. The Morgan fingerprint density at radius 3 is 2.45 bits per heavy atom. The molecule has 20 heavy (non-hydrogen) atoms. The molecule has 4 nitrogen and oxygen atoms in total. The first-order chi connectivity index (χ1) is 9.43. The number of rotatable bonds is 4. The highest BCUT2D eigenvalue weighted by molar-refractivity contribution is 7.90. The van der Waals surface area contributed by atoms with E-state index in [0.29, 0.717) is 17.1 Å². The van der Waals surface area contributed by atoms with Gasteiger partial charge in [0.25, 0.3) is 0 Å². The molecule has 0 aliphatic rings. The third-order valence-electron chi connectivity index (χ3n) is 3.16. The van der Waals surface area contributed by atoms with Crippen LogP contribution in [0, 0.1) is 0 Å². The van der Waals surface area contributed by atoms with Crippen molar-refractivity contribution in [3.8, 4) is 0 Å². The third kappa shape index (κ3) is 3.00. The molecule has 2 aromatic carbocycles. The molecular formula is C15H18N2O2S. The Labute approximate surface area is 119 Å². The van der Waals surface area contributed by atoms with Gasteiger partial charge in [0.15, 0.2) is 9.84 Å². The molecule has 0 aliphatic carbocycles. The van der Waals surface area contributed by atoms with Gasteiger partial charge in [-0.15, -0.1) is 0 Å². The van der Waals surface area contributed by atoms with Crippen LogP contribution >= 0.6 is 0 Å². The lowest BCUT2D eigenvalue weighted by molar-refractivity contribution is 0.602. The SMILES string of the molecule is CN(c1cccc(CN)c1)c1ccccc1S(C)(=O)=O. The Bertz CT molecular complexity index is 711. The number of sulfone groups is 1. The van der Waals surface area contributed by atoms with Gasteiger partial charge in [-0.05, 0) is 29.8 Å². The van der Waals surface area contributed by atoms with Crippen molar-refractivity contribution >= 4 is 21.2 Å². The zero-order valence-electron chi connectivity index (χ0n) is 11.6. The van der Waals surface area contributed by atoms with Gasteiger partial charge in [-0.3, -0.25) is 0 Å². The minimum Gasteiger partial charge on any atom is -0.344 e. The highest BCUT2D eigenvalue weighted by atomic mass is 32.2. The van der Waals surface area contributed by atoms with Crippen LogP contribution in [0.15, 0.2) is 53.4 Å². The van der Waals surface area contributed by atoms with E-state index in [1.54, 1.807) is 18.2 Å². The maximum Gasteiger partial charge on any atom is 0.177 e. The summed E-state index contributed by atoms with van der Waals surface area (Å²) >= 11 is 0. The van der Waals surface area contributed by atoms with E-state index in [9.17, 15) is 8.42 Å². The molecule has 0 fully saturated rings. The summed E-state index contributed by atoms with van der Waals surface area (Å²) in [5.41, 5.74) is 8.21. The number of para-hydroxylation sites is 1. The van der Waals surface area contributed by atoms with Crippen molar-refractivity contribution in [1.29, 1.82) is 0 Å². The van der Waals surface area contributed by atoms with Crippen LogP contribution in [0.2, 0.25) is 0 Å². The Kier molecular flexibility index (Phi) is 4.11. The predicted molar refractivity (Wildman–Crippen MR) is 81.9 cm³/mol. The van der Waals surface area contributed by atoms with Crippen molar-refractivity contribution in [2.45, 2.75) is 11.4 Å². The van der Waals surface area contributed by atoms with Gasteiger partial charge in [0.05, 0.1) is 10.6 Å². The molecule has 0 amide bonds. The zero-order chi connectivity index (χ0) is 14.8. The maximum atomic E-state index is 11.9. The van der Waals surface area contributed by atoms with Crippen LogP contribution in [0.3, 0.4) is 0 Å². The fourth-order valence-electron chi connectivity index (χ4n) is 2.08. The minimum absolute atomic E-state index is 0.320. The molecule has 2 aromatic rings. The summed E-state index contributed by atoms with van der Waals surface area (Å²) < 4.78 is 23.7. The highest BCUT2D eigenvalue weighted by Crippen LogP contribution is 2.30. The predicted octanol–water partition coefficient (Wildman–Crippen LogP) is 2.32. The zero-order valence-corrected chi connectivity index (χ0v) is 12.4. The van der Waals surface area contributed by atoms with E-state index in [0.717, 1.165) is 11.3 Å². The second kappa shape index (κ2) is 5.64. The lowest BCUT2D eigenvalue weighted by atomic mass is 10.2. The number of nitrogens with zero attached hydrogens (tertiary/aromatic N) is 1. The molecule has 106 valence electrons. The van der Waals surface area contributed by atoms with Gasteiger partial charge in [-0.1, -0.05) is 24.3 Å². The van der Waals surface area contributed by atoms with E-state index in [4.69, 9.17) is 5.73 Å². The number of anilines is 2. The van der Waals surface area contributed by atoms with Crippen molar-refractivity contribution in [2.24, 2.45) is 5.73 Å². The summed E-state index contributed by atoms with van der Waals surface area (Å²) in [5.74, 6) is 0. The monoisotopic (exact) mass is 290 g/mol. The molecule has 2 rings (SSSR count). The van der Waals surface area contributed by atoms with Crippen LogP contribution in [0.1, 0.15) is 5.56 Å². The highest BCUT2D eigenvalue weighted by Gasteiger charge is 2.16. The lowest BCUT2D eigenvalue weighted by Gasteiger charge is -2.22. The number of hydrogen-bond acceptors (Lipinski definition) is 4. The Hall–Kier alpha value is -1.85. The van der Waals surface area contributed by atoms with Crippen LogP contribution in [-0.2, 0) is 16.4 Å². The van der Waals surface area contributed by atoms with E-state index < -0.39 is 9.84 Å². The average Bonchev–Trinajstić information content (AvgIpc) is 2.45. The minimum atomic E-state index is -3.27. The molecule has 0 unspecified atom stereocenters. The van der Waals surface area contributed by atoms with Crippen molar-refractivity contribution < 1.29 is 8.42 Å². The molecule has 0 bridgehead atoms. The van der Waals surface area contributed by atoms with Crippen molar-refractivity contribution in [3.63, 3.8) is 0 Å². The number of benzene rings is 2. The van der Waals surface area contributed by atoms with Crippen molar-refractivity contribution in [1.82, 2.24) is 0 Å². The van der Waals surface area contributed by atoms with Crippen LogP contribution in [0.5, 0.6) is 0 Å². The Morgan fingerprint density at radius 1 is 1.10 bits per heavy atom. The summed E-state index contributed by atoms with van der Waals surface area (Å²) in [6.45, 7) is 0.454. The summed E-state index contributed by atoms with van der Waals surface area (Å²) in [5, 5.41) is 0. The van der Waals surface area contributed by atoms with Crippen LogP contribution in [0.4, 0.5) is 11.4 Å². The van der Waals surface area contributed by atoms with Gasteiger partial charge in [0.1, 0.15) is 0 Å². The molecule has 0 spiro atoms. The molecule has 0 radical (unpaired) electrons. The second-order valence-electron chi connectivity index (χ2n) is 4.67. The molecule has 0 aliphatic heterocycles. The topological polar surface area (TPSA) is 63.4 Å². The van der Waals surface area contributed by atoms with E-state index in [1.807, 2.05) is 42.3 Å². The first-order valence-electron chi connectivity index (χ1n) is 6.25. The van der Waals surface area contributed by atoms with E-state index in [-0.39, 0.29) is 0 Å².